The maximum Gasteiger partial charge on any atom is 0.0837 e. The Balaban J connectivity index is 3.05. The molecular formula is C14H22O2. The molecule has 1 rings (SSSR count). The van der Waals surface area contributed by atoms with Crippen LogP contribution in [0.3, 0.4) is 0 Å². The van der Waals surface area contributed by atoms with E-state index in [1.54, 1.807) is 0 Å². The summed E-state index contributed by atoms with van der Waals surface area (Å²) in [7, 11) is 0. The van der Waals surface area contributed by atoms with Crippen LogP contribution in [-0.2, 0) is 0 Å². The van der Waals surface area contributed by atoms with E-state index in [2.05, 4.69) is 6.58 Å². The van der Waals surface area contributed by atoms with Crippen LogP contribution in [0.15, 0.2) is 35.5 Å². The third kappa shape index (κ3) is 2.45. The lowest BCUT2D eigenvalue weighted by Crippen LogP contribution is -2.41. The minimum absolute atomic E-state index is 0.0292. The van der Waals surface area contributed by atoms with E-state index in [4.69, 9.17) is 0 Å². The second-order valence-electron chi connectivity index (χ2n) is 4.97. The fourth-order valence-electron chi connectivity index (χ4n) is 2.12. The Labute approximate surface area is 98.0 Å². The van der Waals surface area contributed by atoms with Gasteiger partial charge in [0.1, 0.15) is 0 Å². The Morgan fingerprint density at radius 3 is 2.31 bits per heavy atom. The zero-order valence-electron chi connectivity index (χ0n) is 10.6. The van der Waals surface area contributed by atoms with Gasteiger partial charge < -0.3 is 10.2 Å². The average molecular weight is 222 g/mol. The molecule has 2 N–H and O–H groups in total. The number of hydrogen-bond acceptors (Lipinski definition) is 2. The van der Waals surface area contributed by atoms with Crippen LogP contribution in [0, 0.1) is 11.8 Å². The number of aliphatic hydroxyl groups excluding tert-OH is 2. The largest absolute Gasteiger partial charge is 0.392 e. The highest BCUT2D eigenvalue weighted by molar-refractivity contribution is 5.40. The van der Waals surface area contributed by atoms with Crippen molar-refractivity contribution in [3.8, 4) is 0 Å². The number of hydrogen-bond donors (Lipinski definition) is 2. The van der Waals surface area contributed by atoms with Gasteiger partial charge in [-0.2, -0.15) is 0 Å². The molecule has 0 bridgehead atoms. The van der Waals surface area contributed by atoms with Gasteiger partial charge in [-0.05, 0) is 25.0 Å². The van der Waals surface area contributed by atoms with Gasteiger partial charge in [-0.15, -0.1) is 0 Å². The minimum atomic E-state index is -0.636. The van der Waals surface area contributed by atoms with Crippen LogP contribution >= 0.6 is 0 Å². The lowest BCUT2D eigenvalue weighted by molar-refractivity contribution is 0.00227. The molecule has 0 unspecified atom stereocenters. The van der Waals surface area contributed by atoms with E-state index in [-0.39, 0.29) is 11.8 Å². The molecule has 0 radical (unpaired) electrons. The molecule has 0 aromatic rings. The number of rotatable bonds is 1. The summed E-state index contributed by atoms with van der Waals surface area (Å²) < 4.78 is 0. The number of allylic oxidation sites excluding steroid dienone is 3. The Morgan fingerprint density at radius 1 is 1.25 bits per heavy atom. The Morgan fingerprint density at radius 2 is 1.81 bits per heavy atom. The smallest absolute Gasteiger partial charge is 0.0837 e. The predicted octanol–water partition coefficient (Wildman–Crippen LogP) is 2.44. The highest BCUT2D eigenvalue weighted by Gasteiger charge is 2.37. The van der Waals surface area contributed by atoms with Crippen molar-refractivity contribution in [2.24, 2.45) is 11.8 Å². The summed E-state index contributed by atoms with van der Waals surface area (Å²) in [6, 6.07) is 0. The van der Waals surface area contributed by atoms with Gasteiger partial charge in [0.05, 0.1) is 12.2 Å². The second kappa shape index (κ2) is 4.98. The first kappa shape index (κ1) is 13.2. The van der Waals surface area contributed by atoms with Crippen molar-refractivity contribution in [2.45, 2.75) is 39.9 Å². The van der Waals surface area contributed by atoms with Gasteiger partial charge >= 0.3 is 0 Å². The molecule has 1 fully saturated rings. The van der Waals surface area contributed by atoms with Crippen molar-refractivity contribution < 1.29 is 10.2 Å². The standard InChI is InChI=1S/C14H22O2/c1-8(2)6-7-12-9(3)13(15)11(5)14(16)10(12)4/h6-7,10-11,13-16H,3H2,1-2,4-5H3/b12-7+/t10-,11+,13-,14-/m1/s1. The molecule has 0 heterocycles. The van der Waals surface area contributed by atoms with Crippen molar-refractivity contribution in [3.63, 3.8) is 0 Å². The first-order valence-corrected chi connectivity index (χ1v) is 5.76. The molecule has 16 heavy (non-hydrogen) atoms. The molecule has 0 aromatic carbocycles. The second-order valence-corrected chi connectivity index (χ2v) is 4.97. The van der Waals surface area contributed by atoms with Crippen LogP contribution in [0.5, 0.6) is 0 Å². The van der Waals surface area contributed by atoms with Crippen molar-refractivity contribution in [1.29, 1.82) is 0 Å². The van der Waals surface area contributed by atoms with Crippen LogP contribution in [-0.4, -0.2) is 22.4 Å². The van der Waals surface area contributed by atoms with Crippen molar-refractivity contribution in [1.82, 2.24) is 0 Å². The minimum Gasteiger partial charge on any atom is -0.392 e. The normalized spacial score (nSPS) is 37.6. The summed E-state index contributed by atoms with van der Waals surface area (Å²) in [5.41, 5.74) is 2.89. The van der Waals surface area contributed by atoms with Crippen molar-refractivity contribution in [2.75, 3.05) is 0 Å². The first-order chi connectivity index (χ1) is 7.36. The summed E-state index contributed by atoms with van der Waals surface area (Å²) >= 11 is 0. The van der Waals surface area contributed by atoms with Crippen LogP contribution in [0.2, 0.25) is 0 Å². The van der Waals surface area contributed by atoms with Crippen LogP contribution < -0.4 is 0 Å². The summed E-state index contributed by atoms with van der Waals surface area (Å²) in [6.07, 6.45) is 2.81. The highest BCUT2D eigenvalue weighted by atomic mass is 16.3. The van der Waals surface area contributed by atoms with Gasteiger partial charge in [-0.3, -0.25) is 0 Å². The fourth-order valence-corrected chi connectivity index (χ4v) is 2.12. The average Bonchev–Trinajstić information content (AvgIpc) is 2.23. The van der Waals surface area contributed by atoms with E-state index >= 15 is 0 Å². The predicted molar refractivity (Wildman–Crippen MR) is 67.0 cm³/mol. The zero-order chi connectivity index (χ0) is 12.5. The van der Waals surface area contributed by atoms with Gasteiger partial charge in [0.15, 0.2) is 0 Å². The molecule has 0 aliphatic heterocycles. The lowest BCUT2D eigenvalue weighted by atomic mass is 9.72. The molecule has 4 atom stereocenters. The molecule has 1 aliphatic rings. The molecule has 2 nitrogen and oxygen atoms in total. The highest BCUT2D eigenvalue weighted by Crippen LogP contribution is 2.36. The zero-order valence-corrected chi connectivity index (χ0v) is 10.6. The molecule has 0 spiro atoms. The Kier molecular flexibility index (Phi) is 4.11. The first-order valence-electron chi connectivity index (χ1n) is 5.76. The monoisotopic (exact) mass is 222 g/mol. The van der Waals surface area contributed by atoms with Crippen molar-refractivity contribution >= 4 is 0 Å². The topological polar surface area (TPSA) is 40.5 Å². The maximum absolute atomic E-state index is 10.0. The summed E-state index contributed by atoms with van der Waals surface area (Å²) in [5.74, 6) is -0.118. The molecular weight excluding hydrogens is 200 g/mol. The fraction of sp³-hybridized carbons (Fsp3) is 0.571. The van der Waals surface area contributed by atoms with Gasteiger partial charge in [0, 0.05) is 11.8 Å². The van der Waals surface area contributed by atoms with Gasteiger partial charge in [-0.1, -0.05) is 38.2 Å². The summed E-state index contributed by atoms with van der Waals surface area (Å²) in [6.45, 7) is 11.8. The lowest BCUT2D eigenvalue weighted by Gasteiger charge is -2.38. The summed E-state index contributed by atoms with van der Waals surface area (Å²) in [4.78, 5) is 0. The molecule has 1 aliphatic carbocycles. The van der Waals surface area contributed by atoms with Crippen LogP contribution in [0.1, 0.15) is 27.7 Å². The third-order valence-corrected chi connectivity index (χ3v) is 3.36. The van der Waals surface area contributed by atoms with E-state index in [1.165, 1.54) is 5.57 Å². The number of aliphatic hydroxyl groups is 2. The third-order valence-electron chi connectivity index (χ3n) is 3.36. The van der Waals surface area contributed by atoms with Gasteiger partial charge in [-0.25, -0.2) is 0 Å². The van der Waals surface area contributed by atoms with E-state index in [0.29, 0.717) is 0 Å². The Hall–Kier alpha value is -0.860. The molecule has 0 saturated heterocycles. The SMILES string of the molecule is C=C1/C(=C\C=C(C)C)[C@@H](C)[C@@H](O)[C@@H](C)[C@@H]1O. The van der Waals surface area contributed by atoms with E-state index in [0.717, 1.165) is 11.1 Å². The van der Waals surface area contributed by atoms with Crippen LogP contribution in [0.4, 0.5) is 0 Å². The Bertz CT molecular complexity index is 335. The molecule has 90 valence electrons. The van der Waals surface area contributed by atoms with E-state index < -0.39 is 12.2 Å². The molecule has 0 amide bonds. The van der Waals surface area contributed by atoms with E-state index in [9.17, 15) is 10.2 Å². The van der Waals surface area contributed by atoms with Crippen LogP contribution in [0.25, 0.3) is 0 Å². The van der Waals surface area contributed by atoms with Crippen molar-refractivity contribution in [3.05, 3.63) is 35.5 Å². The summed E-state index contributed by atoms with van der Waals surface area (Å²) in [5, 5.41) is 20.0. The molecule has 0 aromatic heterocycles. The van der Waals surface area contributed by atoms with E-state index in [1.807, 2.05) is 39.8 Å². The molecule has 2 heteroatoms. The quantitative estimate of drug-likeness (QED) is 0.715. The maximum atomic E-state index is 10.0. The van der Waals surface area contributed by atoms with Gasteiger partial charge in [0.2, 0.25) is 0 Å². The van der Waals surface area contributed by atoms with Gasteiger partial charge in [0.25, 0.3) is 0 Å². The molecule has 1 saturated carbocycles.